The smallest absolute Gasteiger partial charge is 0.253 e. The van der Waals surface area contributed by atoms with Gasteiger partial charge in [0.15, 0.2) is 5.65 Å². The highest BCUT2D eigenvalue weighted by Gasteiger charge is 2.25. The van der Waals surface area contributed by atoms with Crippen LogP contribution in [0.15, 0.2) is 60.8 Å². The number of aromatic nitrogens is 4. The molecule has 1 aliphatic heterocycles. The number of piperazine rings is 1. The Kier molecular flexibility index (Phi) is 8.58. The van der Waals surface area contributed by atoms with Crippen molar-refractivity contribution in [3.05, 3.63) is 78.0 Å². The number of para-hydroxylation sites is 1. The lowest BCUT2D eigenvalue weighted by Crippen LogP contribution is -2.47. The summed E-state index contributed by atoms with van der Waals surface area (Å²) in [6.45, 7) is 8.19. The van der Waals surface area contributed by atoms with Crippen LogP contribution in [0.5, 0.6) is 0 Å². The van der Waals surface area contributed by atoms with Gasteiger partial charge in [-0.1, -0.05) is 18.2 Å². The number of nitrogens with one attached hydrogen (secondary N) is 2. The third kappa shape index (κ3) is 6.28. The fraction of sp³-hybridized carbons (Fsp3) is 0.344. The number of benzene rings is 2. The van der Waals surface area contributed by atoms with Crippen LogP contribution in [0.1, 0.15) is 30.0 Å². The lowest BCUT2D eigenvalue weighted by molar-refractivity contribution is 0.0951. The zero-order valence-corrected chi connectivity index (χ0v) is 26.3. The van der Waals surface area contributed by atoms with Crippen molar-refractivity contribution in [2.75, 3.05) is 51.3 Å². The molecule has 0 aliphatic carbocycles. The van der Waals surface area contributed by atoms with E-state index >= 15 is 0 Å². The standard InChI is InChI=1S/C32H36FN7O4S/c1-21(2)45(42,43)40-20-26(25-6-4-5-7-29(25)40)32(41)34-19-30-35-28-9-8-27(36-31(28)37-30)22-16-23(33)18-24(17-22)39-12-10-38(11-13-39)14-15-44-3/h4-9,16-18,20-21H,10-15,19H2,1-3H3,(H,34,41)(H,35,36,37). The number of ether oxygens (including phenoxy) is 1. The summed E-state index contributed by atoms with van der Waals surface area (Å²) in [5.41, 5.74) is 3.86. The fourth-order valence-corrected chi connectivity index (χ4v) is 6.71. The maximum absolute atomic E-state index is 14.8. The number of nitrogens with zero attached hydrogens (tertiary/aromatic N) is 5. The van der Waals surface area contributed by atoms with Crippen LogP contribution in [0.3, 0.4) is 0 Å². The number of amides is 1. The lowest BCUT2D eigenvalue weighted by atomic mass is 10.1. The van der Waals surface area contributed by atoms with Gasteiger partial charge in [0.2, 0.25) is 10.0 Å². The molecule has 0 spiro atoms. The third-order valence-electron chi connectivity index (χ3n) is 8.13. The molecule has 1 saturated heterocycles. The number of fused-ring (bicyclic) bond motifs is 2. The van der Waals surface area contributed by atoms with Crippen molar-refractivity contribution >= 4 is 43.7 Å². The molecule has 0 atom stereocenters. The number of carbonyl (C=O) groups excluding carboxylic acids is 1. The van der Waals surface area contributed by atoms with Crippen LogP contribution >= 0.6 is 0 Å². The number of anilines is 1. The summed E-state index contributed by atoms with van der Waals surface area (Å²) < 4.78 is 47.0. The lowest BCUT2D eigenvalue weighted by Gasteiger charge is -2.36. The summed E-state index contributed by atoms with van der Waals surface area (Å²) in [6.07, 6.45) is 1.37. The van der Waals surface area contributed by atoms with E-state index in [-0.39, 0.29) is 17.9 Å². The molecule has 13 heteroatoms. The van der Waals surface area contributed by atoms with E-state index in [1.807, 2.05) is 18.2 Å². The van der Waals surface area contributed by atoms with E-state index in [0.717, 1.165) is 38.4 Å². The summed E-state index contributed by atoms with van der Waals surface area (Å²) in [4.78, 5) is 30.2. The van der Waals surface area contributed by atoms with Gasteiger partial charge < -0.3 is 19.9 Å². The number of pyridine rings is 1. The van der Waals surface area contributed by atoms with Gasteiger partial charge in [-0.05, 0) is 50.2 Å². The quantitative estimate of drug-likeness (QED) is 0.237. The Morgan fingerprint density at radius 3 is 2.60 bits per heavy atom. The van der Waals surface area contributed by atoms with Gasteiger partial charge in [-0.2, -0.15) is 0 Å². The molecule has 1 aliphatic rings. The molecule has 0 radical (unpaired) electrons. The minimum absolute atomic E-state index is 0.0709. The molecule has 4 heterocycles. The first-order chi connectivity index (χ1) is 21.6. The third-order valence-corrected chi connectivity index (χ3v) is 10.2. The van der Waals surface area contributed by atoms with Gasteiger partial charge >= 0.3 is 0 Å². The molecule has 2 N–H and O–H groups in total. The number of carbonyl (C=O) groups is 1. The number of aromatic amines is 1. The van der Waals surface area contributed by atoms with Crippen molar-refractivity contribution in [2.45, 2.75) is 25.6 Å². The molecule has 3 aromatic heterocycles. The highest BCUT2D eigenvalue weighted by atomic mass is 32.2. The molecular formula is C32H36FN7O4S. The number of hydrogen-bond donors (Lipinski definition) is 2. The van der Waals surface area contributed by atoms with Gasteiger partial charge in [0.25, 0.3) is 5.91 Å². The van der Waals surface area contributed by atoms with Crippen molar-refractivity contribution in [3.63, 3.8) is 0 Å². The number of rotatable bonds is 10. The van der Waals surface area contributed by atoms with Gasteiger partial charge in [-0.25, -0.2) is 26.7 Å². The highest BCUT2D eigenvalue weighted by molar-refractivity contribution is 7.90. The summed E-state index contributed by atoms with van der Waals surface area (Å²) >= 11 is 0. The SMILES string of the molecule is COCCN1CCN(c2cc(F)cc(-c3ccc4[nH]c(CNC(=O)c5cn(S(=O)(=O)C(C)C)c6ccccc56)nc4n3)c2)CC1. The topological polar surface area (TPSA) is 125 Å². The van der Waals surface area contributed by atoms with E-state index in [0.29, 0.717) is 45.8 Å². The average Bonchev–Trinajstić information content (AvgIpc) is 3.64. The maximum Gasteiger partial charge on any atom is 0.253 e. The fourth-order valence-electron chi connectivity index (χ4n) is 5.57. The van der Waals surface area contributed by atoms with Gasteiger partial charge in [0.05, 0.1) is 40.7 Å². The summed E-state index contributed by atoms with van der Waals surface area (Å²) in [5, 5.41) is 2.72. The van der Waals surface area contributed by atoms with Crippen LogP contribution in [0.4, 0.5) is 10.1 Å². The predicted octanol–water partition coefficient (Wildman–Crippen LogP) is 4.00. The molecule has 5 aromatic rings. The Bertz CT molecular complexity index is 1960. The first kappa shape index (κ1) is 30.7. The van der Waals surface area contributed by atoms with Crippen molar-refractivity contribution in [2.24, 2.45) is 0 Å². The molecule has 236 valence electrons. The molecule has 45 heavy (non-hydrogen) atoms. The summed E-state index contributed by atoms with van der Waals surface area (Å²) in [7, 11) is -1.97. The number of methoxy groups -OCH3 is 1. The number of hydrogen-bond acceptors (Lipinski definition) is 8. The number of imidazole rings is 1. The van der Waals surface area contributed by atoms with Crippen LogP contribution in [-0.2, 0) is 21.3 Å². The second-order valence-corrected chi connectivity index (χ2v) is 13.8. The van der Waals surface area contributed by atoms with E-state index in [4.69, 9.17) is 4.74 Å². The second-order valence-electron chi connectivity index (χ2n) is 11.4. The van der Waals surface area contributed by atoms with Crippen molar-refractivity contribution in [3.8, 4) is 11.3 Å². The molecule has 11 nitrogen and oxygen atoms in total. The van der Waals surface area contributed by atoms with E-state index in [2.05, 4.69) is 30.1 Å². The van der Waals surface area contributed by atoms with Crippen LogP contribution in [0.25, 0.3) is 33.3 Å². The Hall–Kier alpha value is -4.33. The van der Waals surface area contributed by atoms with Gasteiger partial charge in [-0.15, -0.1) is 0 Å². The molecule has 6 rings (SSSR count). The molecular weight excluding hydrogens is 597 g/mol. The Morgan fingerprint density at radius 1 is 1.07 bits per heavy atom. The highest BCUT2D eigenvalue weighted by Crippen LogP contribution is 2.28. The second kappa shape index (κ2) is 12.6. The summed E-state index contributed by atoms with van der Waals surface area (Å²) in [5.74, 6) is -0.281. The monoisotopic (exact) mass is 633 g/mol. The molecule has 0 saturated carbocycles. The Balaban J connectivity index is 1.18. The van der Waals surface area contributed by atoms with Crippen LogP contribution in [0, 0.1) is 5.82 Å². The van der Waals surface area contributed by atoms with Gasteiger partial charge in [-0.3, -0.25) is 9.69 Å². The molecule has 1 amide bonds. The van der Waals surface area contributed by atoms with E-state index in [9.17, 15) is 17.6 Å². The largest absolute Gasteiger partial charge is 0.383 e. The first-order valence-corrected chi connectivity index (χ1v) is 16.4. The minimum Gasteiger partial charge on any atom is -0.383 e. The Morgan fingerprint density at radius 2 is 1.84 bits per heavy atom. The summed E-state index contributed by atoms with van der Waals surface area (Å²) in [6, 6.07) is 15.5. The van der Waals surface area contributed by atoms with Crippen molar-refractivity contribution < 1.29 is 22.3 Å². The van der Waals surface area contributed by atoms with Crippen LogP contribution in [-0.4, -0.2) is 89.8 Å². The zero-order valence-electron chi connectivity index (χ0n) is 25.5. The number of halogens is 1. The Labute approximate surface area is 261 Å². The number of H-pyrrole nitrogens is 1. The predicted molar refractivity (Wildman–Crippen MR) is 172 cm³/mol. The van der Waals surface area contributed by atoms with Gasteiger partial charge in [0.1, 0.15) is 11.6 Å². The normalized spacial score (nSPS) is 14.6. The van der Waals surface area contributed by atoms with Crippen molar-refractivity contribution in [1.82, 2.24) is 29.1 Å². The molecule has 0 unspecified atom stereocenters. The van der Waals surface area contributed by atoms with Crippen LogP contribution < -0.4 is 10.2 Å². The first-order valence-electron chi connectivity index (χ1n) is 14.9. The molecule has 1 fully saturated rings. The van der Waals surface area contributed by atoms with Crippen molar-refractivity contribution in [1.29, 1.82) is 0 Å². The molecule has 2 aromatic carbocycles. The van der Waals surface area contributed by atoms with Gasteiger partial charge in [0, 0.05) is 62.7 Å². The van der Waals surface area contributed by atoms with E-state index < -0.39 is 21.2 Å². The minimum atomic E-state index is -3.67. The molecule has 0 bridgehead atoms. The average molecular weight is 634 g/mol. The van der Waals surface area contributed by atoms with Crippen LogP contribution in [0.2, 0.25) is 0 Å². The zero-order chi connectivity index (χ0) is 31.7. The van der Waals surface area contributed by atoms with E-state index in [1.165, 1.54) is 16.2 Å². The van der Waals surface area contributed by atoms with E-state index in [1.54, 1.807) is 51.3 Å². The maximum atomic E-state index is 14.8.